The van der Waals surface area contributed by atoms with Crippen LogP contribution in [0.15, 0.2) is 60.2 Å². The van der Waals surface area contributed by atoms with E-state index < -0.39 is 0 Å². The summed E-state index contributed by atoms with van der Waals surface area (Å²) in [6, 6.07) is 19.0. The maximum atomic E-state index is 3.12. The molecule has 0 saturated carbocycles. The van der Waals surface area contributed by atoms with Gasteiger partial charge in [0, 0.05) is 0 Å². The van der Waals surface area contributed by atoms with E-state index in [1.165, 1.54) is 50.3 Å². The molecule has 0 heterocycles. The van der Waals surface area contributed by atoms with Gasteiger partial charge in [0.05, 0.1) is 0 Å². The minimum atomic E-state index is 0. The van der Waals surface area contributed by atoms with Crippen molar-refractivity contribution in [1.82, 2.24) is 0 Å². The largest absolute Gasteiger partial charge is 1.00 e. The summed E-state index contributed by atoms with van der Waals surface area (Å²) in [6.07, 6.45) is 8.47. The minimum absolute atomic E-state index is 0. The second kappa shape index (κ2) is 14.9. The first-order valence-electron chi connectivity index (χ1n) is 12.3. The number of halogens is 2. The van der Waals surface area contributed by atoms with Crippen LogP contribution in [0.5, 0.6) is 0 Å². The zero-order chi connectivity index (χ0) is 24.8. The summed E-state index contributed by atoms with van der Waals surface area (Å²) in [6.45, 7) is 20.2. The predicted molar refractivity (Wildman–Crippen MR) is 147 cm³/mol. The van der Waals surface area contributed by atoms with Crippen molar-refractivity contribution in [1.29, 1.82) is 0 Å². The number of hydrogen-bond acceptors (Lipinski definition) is 0. The van der Waals surface area contributed by atoms with Crippen LogP contribution in [0.3, 0.4) is 0 Å². The van der Waals surface area contributed by atoms with E-state index in [-0.39, 0.29) is 41.8 Å². The van der Waals surface area contributed by atoms with Gasteiger partial charge in [0.15, 0.2) is 0 Å². The molecular formula is C31H42Cl2SiTi-2. The number of allylic oxidation sites excluding steroid dienone is 4. The van der Waals surface area contributed by atoms with Crippen molar-refractivity contribution in [3.63, 3.8) is 0 Å². The topological polar surface area (TPSA) is 0 Å². The molecule has 4 heteroatoms. The molecule has 0 spiro atoms. The van der Waals surface area contributed by atoms with Gasteiger partial charge in [-0.05, 0) is 10.8 Å². The van der Waals surface area contributed by atoms with Gasteiger partial charge in [-0.15, -0.1) is 46.2 Å². The van der Waals surface area contributed by atoms with Crippen molar-refractivity contribution in [2.75, 3.05) is 0 Å². The van der Waals surface area contributed by atoms with E-state index in [9.17, 15) is 0 Å². The molecule has 0 amide bonds. The third-order valence-corrected chi connectivity index (χ3v) is 11.2. The van der Waals surface area contributed by atoms with Crippen molar-refractivity contribution in [3.05, 3.63) is 77.4 Å². The Morgan fingerprint density at radius 3 is 1.49 bits per heavy atom. The van der Waals surface area contributed by atoms with Crippen LogP contribution in [0.4, 0.5) is 0 Å². The van der Waals surface area contributed by atoms with E-state index in [0.29, 0.717) is 0 Å². The first-order valence-corrected chi connectivity index (χ1v) is 16.6. The molecule has 1 aliphatic carbocycles. The molecule has 35 heavy (non-hydrogen) atoms. The van der Waals surface area contributed by atoms with Gasteiger partial charge >= 0.3 is 51.3 Å². The van der Waals surface area contributed by atoms with Crippen molar-refractivity contribution < 1.29 is 44.0 Å². The summed E-state index contributed by atoms with van der Waals surface area (Å²) in [5.41, 5.74) is 4.49. The van der Waals surface area contributed by atoms with Gasteiger partial charge in [-0.25, -0.2) is 11.6 Å². The van der Waals surface area contributed by atoms with E-state index in [1.807, 2.05) is 0 Å². The molecule has 3 aromatic carbocycles. The van der Waals surface area contributed by atoms with Crippen LogP contribution in [-0.4, -0.2) is 6.19 Å². The van der Waals surface area contributed by atoms with Crippen LogP contribution < -0.4 is 24.8 Å². The Bertz CT molecular complexity index is 1080. The fourth-order valence-corrected chi connectivity index (χ4v) is 4.22. The number of benzene rings is 2. The molecule has 0 saturated heterocycles. The molecule has 0 bridgehead atoms. The molecule has 0 nitrogen and oxygen atoms in total. The molecule has 0 unspecified atom stereocenters. The van der Waals surface area contributed by atoms with Crippen LogP contribution in [0.25, 0.3) is 21.5 Å². The van der Waals surface area contributed by atoms with Gasteiger partial charge in [0.2, 0.25) is 0 Å². The molecule has 0 aliphatic heterocycles. The summed E-state index contributed by atoms with van der Waals surface area (Å²) in [5, 5.41) is 5.48. The number of hydrogen-bond donors (Lipinski definition) is 0. The zero-order valence-corrected chi connectivity index (χ0v) is 27.1. The van der Waals surface area contributed by atoms with Gasteiger partial charge in [0.25, 0.3) is 0 Å². The average molecular weight is 562 g/mol. The minimum Gasteiger partial charge on any atom is -1.00 e. The molecular weight excluding hydrogens is 519 g/mol. The Morgan fingerprint density at radius 1 is 0.829 bits per heavy atom. The Labute approximate surface area is 239 Å². The van der Waals surface area contributed by atoms with Crippen molar-refractivity contribution in [3.8, 4) is 0 Å². The number of rotatable bonds is 2. The van der Waals surface area contributed by atoms with E-state index in [2.05, 4.69) is 142 Å². The van der Waals surface area contributed by atoms with Crippen LogP contribution >= 0.6 is 0 Å². The van der Waals surface area contributed by atoms with Crippen LogP contribution in [0.2, 0.25) is 12.1 Å². The normalized spacial score (nSPS) is 12.6. The second-order valence-electron chi connectivity index (χ2n) is 11.0. The fourth-order valence-electron chi connectivity index (χ4n) is 3.72. The van der Waals surface area contributed by atoms with E-state index in [1.54, 1.807) is 0 Å². The Hall–Kier alpha value is -0.699. The first kappa shape index (κ1) is 34.3. The van der Waals surface area contributed by atoms with Gasteiger partial charge in [-0.2, -0.15) is 6.08 Å². The summed E-state index contributed by atoms with van der Waals surface area (Å²) in [4.78, 5) is 0. The second-order valence-corrected chi connectivity index (χ2v) is 17.0. The fraction of sp³-hybridized carbons (Fsp3) is 0.452. The summed E-state index contributed by atoms with van der Waals surface area (Å²) in [7, 11) is 0. The Kier molecular flexibility index (Phi) is 14.6. The quantitative estimate of drug-likeness (QED) is 0.332. The van der Waals surface area contributed by atoms with Crippen molar-refractivity contribution >= 4 is 27.7 Å². The predicted octanol–water partition coefficient (Wildman–Crippen LogP) is 3.58. The summed E-state index contributed by atoms with van der Waals surface area (Å²) in [5.74, 6) is 0. The van der Waals surface area contributed by atoms with Gasteiger partial charge in [-0.3, -0.25) is 6.08 Å². The molecule has 4 rings (SSSR count). The number of fused-ring (bicyclic) bond motifs is 3. The molecule has 0 atom stereocenters. The molecule has 1 aliphatic rings. The summed E-state index contributed by atoms with van der Waals surface area (Å²) < 4.78 is 0. The van der Waals surface area contributed by atoms with Crippen LogP contribution in [0, 0.1) is 6.08 Å². The molecule has 190 valence electrons. The maximum Gasteiger partial charge on any atom is -1.00 e. The monoisotopic (exact) mass is 560 g/mol. The zero-order valence-electron chi connectivity index (χ0n) is 23.1. The van der Waals surface area contributed by atoms with E-state index in [0.717, 1.165) is 6.42 Å². The SMILES string of the molecule is CC(C)(C)c1ccc2c(c1)[cH-]c1cc(C(C)(C)C)ccc12.CC1=[C-]CC=C1.CC[Si](=[Ti+2])CC.[Cl-].[Cl-]. The molecule has 3 aromatic rings. The molecule has 0 aromatic heterocycles. The summed E-state index contributed by atoms with van der Waals surface area (Å²) >= 11 is 2.38. The third kappa shape index (κ3) is 10.3. The standard InChI is InChI=1S/C21H25.C6H7.C4H10Si.2ClH.Ti/c1-20(2,3)16-7-9-18-14(12-16)11-15-13-17(21(4,5)6)8-10-19(15)18;1-6-4-2-3-5-6;1-3-5-4-2;;;/h7-13H,1-6H3;2,4H,3H2,1H3;3-4H2,1-2H3;2*1H;/q2*-1;;;;+2/p-2. The van der Waals surface area contributed by atoms with Crippen molar-refractivity contribution in [2.24, 2.45) is 0 Å². The van der Waals surface area contributed by atoms with E-state index in [4.69, 9.17) is 0 Å². The van der Waals surface area contributed by atoms with Gasteiger partial charge in [0.1, 0.15) is 0 Å². The van der Waals surface area contributed by atoms with Crippen LogP contribution in [0.1, 0.15) is 79.9 Å². The molecule has 0 radical (unpaired) electrons. The average Bonchev–Trinajstić information content (AvgIpc) is 3.38. The Balaban J connectivity index is 0.000000688. The third-order valence-electron chi connectivity index (χ3n) is 6.16. The maximum absolute atomic E-state index is 3.12. The smallest absolute Gasteiger partial charge is 1.00 e. The van der Waals surface area contributed by atoms with Gasteiger partial charge < -0.3 is 24.8 Å². The van der Waals surface area contributed by atoms with Crippen LogP contribution in [-0.2, 0) is 30.0 Å². The Morgan fingerprint density at radius 2 is 1.26 bits per heavy atom. The van der Waals surface area contributed by atoms with E-state index >= 15 is 0 Å². The molecule has 0 N–H and O–H groups in total. The van der Waals surface area contributed by atoms with Crippen molar-refractivity contribution in [2.45, 2.75) is 91.7 Å². The van der Waals surface area contributed by atoms with Gasteiger partial charge in [-0.1, -0.05) is 83.9 Å². The first-order chi connectivity index (χ1) is 15.4. The molecule has 0 fully saturated rings.